The maximum Gasteiger partial charge on any atom is 0.410 e. The molecule has 1 aromatic rings. The molecule has 0 bridgehead atoms. The largest absolute Gasteiger partial charge is 0.444 e. The summed E-state index contributed by atoms with van der Waals surface area (Å²) >= 11 is 0. The van der Waals surface area contributed by atoms with Crippen LogP contribution in [0.25, 0.3) is 0 Å². The Balaban J connectivity index is 1.87. The molecule has 2 rings (SSSR count). The van der Waals surface area contributed by atoms with Gasteiger partial charge in [-0.2, -0.15) is 0 Å². The lowest BCUT2D eigenvalue weighted by Crippen LogP contribution is -2.48. The van der Waals surface area contributed by atoms with Crippen molar-refractivity contribution in [2.75, 3.05) is 20.1 Å². The number of nitrogens with one attached hydrogen (secondary N) is 1. The van der Waals surface area contributed by atoms with Crippen molar-refractivity contribution >= 4 is 17.9 Å². The minimum atomic E-state index is -0.525. The molecule has 1 aliphatic rings. The molecule has 1 saturated heterocycles. The first kappa shape index (κ1) is 22.5. The second-order valence-corrected chi connectivity index (χ2v) is 8.23. The van der Waals surface area contributed by atoms with Gasteiger partial charge in [0.1, 0.15) is 5.60 Å². The predicted octanol–water partition coefficient (Wildman–Crippen LogP) is 2.96. The van der Waals surface area contributed by atoms with Gasteiger partial charge in [0.05, 0.1) is 0 Å². The molecule has 1 fully saturated rings. The van der Waals surface area contributed by atoms with Crippen molar-refractivity contribution in [3.05, 3.63) is 48.0 Å². The van der Waals surface area contributed by atoms with Crippen LogP contribution in [-0.4, -0.2) is 59.5 Å². The summed E-state index contributed by atoms with van der Waals surface area (Å²) in [5, 5.41) is 2.70. The quantitative estimate of drug-likeness (QED) is 0.770. The topological polar surface area (TPSA) is 79.0 Å². The number of hydrogen-bond donors (Lipinski definition) is 1. The summed E-state index contributed by atoms with van der Waals surface area (Å²) in [4.78, 5) is 39.7. The van der Waals surface area contributed by atoms with Crippen molar-refractivity contribution in [1.82, 2.24) is 15.1 Å². The molecule has 0 aromatic heterocycles. The Morgan fingerprint density at radius 2 is 1.79 bits per heavy atom. The van der Waals surface area contributed by atoms with E-state index in [2.05, 4.69) is 11.9 Å². The van der Waals surface area contributed by atoms with Crippen LogP contribution in [0, 0.1) is 0 Å². The van der Waals surface area contributed by atoms with E-state index < -0.39 is 5.60 Å². The maximum absolute atomic E-state index is 12.8. The van der Waals surface area contributed by atoms with Crippen LogP contribution in [0.1, 0.15) is 49.5 Å². The first-order valence-electron chi connectivity index (χ1n) is 9.85. The van der Waals surface area contributed by atoms with Crippen molar-refractivity contribution in [3.63, 3.8) is 0 Å². The predicted molar refractivity (Wildman–Crippen MR) is 111 cm³/mol. The van der Waals surface area contributed by atoms with Crippen LogP contribution in [0.3, 0.4) is 0 Å². The fraction of sp³-hybridized carbons (Fsp3) is 0.500. The Morgan fingerprint density at radius 1 is 1.21 bits per heavy atom. The van der Waals surface area contributed by atoms with Crippen molar-refractivity contribution in [3.8, 4) is 0 Å². The SMILES string of the molecule is C=CC(=O)NCc1ccc(C(=O)N2CCC(N(C)C(=O)OC(C)(C)C)CC2)cc1. The van der Waals surface area contributed by atoms with Gasteiger partial charge < -0.3 is 19.9 Å². The zero-order valence-electron chi connectivity index (χ0n) is 17.7. The van der Waals surface area contributed by atoms with E-state index in [1.54, 1.807) is 24.1 Å². The van der Waals surface area contributed by atoms with E-state index in [4.69, 9.17) is 4.74 Å². The summed E-state index contributed by atoms with van der Waals surface area (Å²) in [5.41, 5.74) is 1.00. The molecule has 1 N–H and O–H groups in total. The van der Waals surface area contributed by atoms with E-state index in [1.165, 1.54) is 6.08 Å². The number of carbonyl (C=O) groups excluding carboxylic acids is 3. The molecule has 7 nitrogen and oxygen atoms in total. The van der Waals surface area contributed by atoms with Gasteiger partial charge in [-0.15, -0.1) is 0 Å². The Bertz CT molecular complexity index is 744. The molecule has 1 aliphatic heterocycles. The van der Waals surface area contributed by atoms with Gasteiger partial charge in [-0.05, 0) is 57.4 Å². The molecule has 158 valence electrons. The molecule has 3 amide bonds. The molecule has 0 unspecified atom stereocenters. The zero-order chi connectivity index (χ0) is 21.6. The second-order valence-electron chi connectivity index (χ2n) is 8.23. The summed E-state index contributed by atoms with van der Waals surface area (Å²) in [7, 11) is 1.75. The third-order valence-electron chi connectivity index (χ3n) is 4.83. The average Bonchev–Trinajstić information content (AvgIpc) is 2.70. The monoisotopic (exact) mass is 401 g/mol. The maximum atomic E-state index is 12.8. The van der Waals surface area contributed by atoms with Gasteiger partial charge in [-0.3, -0.25) is 9.59 Å². The molecule has 0 spiro atoms. The molecular weight excluding hydrogens is 370 g/mol. The highest BCUT2D eigenvalue weighted by Crippen LogP contribution is 2.20. The highest BCUT2D eigenvalue weighted by molar-refractivity contribution is 5.94. The van der Waals surface area contributed by atoms with Crippen LogP contribution in [0.15, 0.2) is 36.9 Å². The van der Waals surface area contributed by atoms with E-state index in [0.717, 1.165) is 5.56 Å². The van der Waals surface area contributed by atoms with E-state index in [9.17, 15) is 14.4 Å². The third-order valence-corrected chi connectivity index (χ3v) is 4.83. The lowest BCUT2D eigenvalue weighted by molar-refractivity contribution is -0.116. The molecule has 1 aromatic carbocycles. The highest BCUT2D eigenvalue weighted by atomic mass is 16.6. The van der Waals surface area contributed by atoms with Gasteiger partial charge in [-0.25, -0.2) is 4.79 Å². The van der Waals surface area contributed by atoms with Crippen molar-refractivity contribution < 1.29 is 19.1 Å². The smallest absolute Gasteiger partial charge is 0.410 e. The number of nitrogens with zero attached hydrogens (tertiary/aromatic N) is 2. The lowest BCUT2D eigenvalue weighted by atomic mass is 10.0. The molecule has 0 atom stereocenters. The number of carbonyl (C=O) groups is 3. The van der Waals surface area contributed by atoms with Crippen LogP contribution >= 0.6 is 0 Å². The first-order chi connectivity index (χ1) is 13.6. The molecule has 0 saturated carbocycles. The Kier molecular flexibility index (Phi) is 7.42. The van der Waals surface area contributed by atoms with Gasteiger partial charge in [0.2, 0.25) is 5.91 Å². The number of rotatable bonds is 5. The van der Waals surface area contributed by atoms with E-state index in [1.807, 2.05) is 37.8 Å². The summed E-state index contributed by atoms with van der Waals surface area (Å²) in [6, 6.07) is 7.27. The van der Waals surface area contributed by atoms with Crippen LogP contribution in [0.5, 0.6) is 0 Å². The second kappa shape index (κ2) is 9.58. The van der Waals surface area contributed by atoms with Gasteiger partial charge in [0.25, 0.3) is 5.91 Å². The number of likely N-dealkylation sites (tertiary alicyclic amines) is 1. The van der Waals surface area contributed by atoms with Crippen molar-refractivity contribution in [2.45, 2.75) is 51.8 Å². The van der Waals surface area contributed by atoms with Crippen molar-refractivity contribution in [1.29, 1.82) is 0 Å². The number of benzene rings is 1. The van der Waals surface area contributed by atoms with E-state index >= 15 is 0 Å². The molecular formula is C22H31N3O4. The Hall–Kier alpha value is -2.83. The fourth-order valence-corrected chi connectivity index (χ4v) is 3.15. The van der Waals surface area contributed by atoms with Gasteiger partial charge in [-0.1, -0.05) is 18.7 Å². The van der Waals surface area contributed by atoms with E-state index in [-0.39, 0.29) is 23.9 Å². The summed E-state index contributed by atoms with van der Waals surface area (Å²) in [6.45, 7) is 10.5. The summed E-state index contributed by atoms with van der Waals surface area (Å²) < 4.78 is 5.42. The minimum absolute atomic E-state index is 0.0231. The van der Waals surface area contributed by atoms with Gasteiger partial charge in [0, 0.05) is 38.3 Å². The van der Waals surface area contributed by atoms with Gasteiger partial charge in [0.15, 0.2) is 0 Å². The summed E-state index contributed by atoms with van der Waals surface area (Å²) in [5.74, 6) is -0.255. The number of piperidine rings is 1. The minimum Gasteiger partial charge on any atom is -0.444 e. The van der Waals surface area contributed by atoms with Crippen LogP contribution in [-0.2, 0) is 16.1 Å². The number of hydrogen-bond acceptors (Lipinski definition) is 4. The lowest BCUT2D eigenvalue weighted by Gasteiger charge is -2.37. The Morgan fingerprint density at radius 3 is 2.31 bits per heavy atom. The third kappa shape index (κ3) is 6.62. The van der Waals surface area contributed by atoms with Crippen LogP contribution < -0.4 is 5.32 Å². The van der Waals surface area contributed by atoms with Crippen LogP contribution in [0.2, 0.25) is 0 Å². The van der Waals surface area contributed by atoms with Crippen LogP contribution in [0.4, 0.5) is 4.79 Å². The molecule has 29 heavy (non-hydrogen) atoms. The summed E-state index contributed by atoms with van der Waals surface area (Å²) in [6.07, 6.45) is 2.32. The fourth-order valence-electron chi connectivity index (χ4n) is 3.15. The van der Waals surface area contributed by atoms with Gasteiger partial charge >= 0.3 is 6.09 Å². The molecule has 7 heteroatoms. The average molecular weight is 402 g/mol. The van der Waals surface area contributed by atoms with E-state index in [0.29, 0.717) is 38.0 Å². The number of amides is 3. The zero-order valence-corrected chi connectivity index (χ0v) is 17.7. The Labute approximate surface area is 172 Å². The number of ether oxygens (including phenoxy) is 1. The standard InChI is InChI=1S/C22H31N3O4/c1-6-19(26)23-15-16-7-9-17(10-8-16)20(27)25-13-11-18(12-14-25)24(5)21(28)29-22(2,3)4/h6-10,18H,1,11-15H2,2-5H3,(H,23,26). The molecule has 1 heterocycles. The van der Waals surface area contributed by atoms with Crippen molar-refractivity contribution in [2.24, 2.45) is 0 Å². The highest BCUT2D eigenvalue weighted by Gasteiger charge is 2.30. The first-order valence-corrected chi connectivity index (χ1v) is 9.85. The molecule has 0 aliphatic carbocycles. The molecule has 0 radical (unpaired) electrons. The normalized spacial score (nSPS) is 14.8.